The number of benzene rings is 1. The van der Waals surface area contributed by atoms with Crippen molar-refractivity contribution >= 4 is 18.4 Å². The van der Waals surface area contributed by atoms with Gasteiger partial charge in [-0.1, -0.05) is 12.1 Å². The van der Waals surface area contributed by atoms with Crippen molar-refractivity contribution in [3.63, 3.8) is 0 Å². The molecule has 0 saturated carbocycles. The first-order valence-electron chi connectivity index (χ1n) is 5.95. The zero-order valence-electron chi connectivity index (χ0n) is 10.8. The molecule has 1 N–H and O–H groups in total. The Balaban J connectivity index is 0.00000180. The number of hydrogen-bond donors (Lipinski definition) is 1. The van der Waals surface area contributed by atoms with Gasteiger partial charge in [-0.05, 0) is 12.1 Å². The van der Waals surface area contributed by atoms with E-state index in [2.05, 4.69) is 10.1 Å². The van der Waals surface area contributed by atoms with E-state index in [9.17, 15) is 4.79 Å². The van der Waals surface area contributed by atoms with Gasteiger partial charge in [-0.25, -0.2) is 0 Å². The van der Waals surface area contributed by atoms with E-state index in [1.807, 2.05) is 24.3 Å². The van der Waals surface area contributed by atoms with Crippen molar-refractivity contribution in [2.24, 2.45) is 0 Å². The second kappa shape index (κ2) is 7.86. The zero-order valence-corrected chi connectivity index (χ0v) is 11.6. The molecule has 2 rings (SSSR count). The van der Waals surface area contributed by atoms with Crippen LogP contribution in [-0.2, 0) is 9.53 Å². The van der Waals surface area contributed by atoms with Crippen LogP contribution in [0.25, 0.3) is 0 Å². The van der Waals surface area contributed by atoms with Crippen LogP contribution in [0.4, 0.5) is 0 Å². The second-order valence-electron chi connectivity index (χ2n) is 4.03. The zero-order chi connectivity index (χ0) is 12.8. The lowest BCUT2D eigenvalue weighted by Gasteiger charge is -2.26. The smallest absolute Gasteiger partial charge is 0.306 e. The van der Waals surface area contributed by atoms with E-state index in [-0.39, 0.29) is 24.5 Å². The predicted octanol–water partition coefficient (Wildman–Crippen LogP) is 1.40. The summed E-state index contributed by atoms with van der Waals surface area (Å²) in [4.78, 5) is 10.9. The summed E-state index contributed by atoms with van der Waals surface area (Å²) in [5, 5.41) is 3.15. The van der Waals surface area contributed by atoms with Gasteiger partial charge >= 0.3 is 5.97 Å². The Morgan fingerprint density at radius 3 is 2.89 bits per heavy atom. The summed E-state index contributed by atoms with van der Waals surface area (Å²) in [6, 6.07) is 7.60. The molecule has 0 bridgehead atoms. The van der Waals surface area contributed by atoms with Crippen molar-refractivity contribution in [1.82, 2.24) is 5.32 Å². The second-order valence-corrected chi connectivity index (χ2v) is 4.03. The summed E-state index contributed by atoms with van der Waals surface area (Å²) < 4.78 is 15.9. The molecular weight excluding hydrogens is 270 g/mol. The van der Waals surface area contributed by atoms with Crippen molar-refractivity contribution in [2.75, 3.05) is 26.8 Å². The lowest BCUT2D eigenvalue weighted by molar-refractivity contribution is -0.140. The molecule has 1 aromatic carbocycles. The van der Waals surface area contributed by atoms with Crippen LogP contribution in [-0.4, -0.2) is 38.9 Å². The molecule has 1 aromatic rings. The number of carbonyl (C=O) groups excluding carboxylic acids is 1. The van der Waals surface area contributed by atoms with Crippen LogP contribution < -0.4 is 14.8 Å². The first-order chi connectivity index (χ1) is 8.79. The lowest BCUT2D eigenvalue weighted by atomic mass is 10.2. The minimum atomic E-state index is -0.214. The SMILES string of the molecule is COC(=O)CCNCC1COc2ccccc2O1.Cl. The summed E-state index contributed by atoms with van der Waals surface area (Å²) in [6.45, 7) is 1.74. The number of esters is 1. The topological polar surface area (TPSA) is 56.8 Å². The van der Waals surface area contributed by atoms with E-state index in [4.69, 9.17) is 9.47 Å². The quantitative estimate of drug-likeness (QED) is 0.655. The van der Waals surface area contributed by atoms with E-state index in [0.717, 1.165) is 11.5 Å². The number of carbonyl (C=O) groups is 1. The molecule has 0 aromatic heterocycles. The maximum atomic E-state index is 10.9. The van der Waals surface area contributed by atoms with Crippen LogP contribution in [0.5, 0.6) is 11.5 Å². The highest BCUT2D eigenvalue weighted by atomic mass is 35.5. The normalized spacial score (nSPS) is 16.4. The molecule has 6 heteroatoms. The number of hydrogen-bond acceptors (Lipinski definition) is 5. The first kappa shape index (κ1) is 15.6. The van der Waals surface area contributed by atoms with Crippen molar-refractivity contribution in [2.45, 2.75) is 12.5 Å². The minimum Gasteiger partial charge on any atom is -0.486 e. The summed E-state index contributed by atoms with van der Waals surface area (Å²) in [5.74, 6) is 1.33. The molecule has 1 aliphatic heterocycles. The molecule has 19 heavy (non-hydrogen) atoms. The van der Waals surface area contributed by atoms with Crippen molar-refractivity contribution in [3.05, 3.63) is 24.3 Å². The predicted molar refractivity (Wildman–Crippen MR) is 73.1 cm³/mol. The first-order valence-corrected chi connectivity index (χ1v) is 5.95. The fourth-order valence-electron chi connectivity index (χ4n) is 1.72. The summed E-state index contributed by atoms with van der Waals surface area (Å²) in [6.07, 6.45) is 0.332. The van der Waals surface area contributed by atoms with Gasteiger partial charge < -0.3 is 19.5 Å². The molecule has 5 nitrogen and oxygen atoms in total. The van der Waals surface area contributed by atoms with E-state index < -0.39 is 0 Å². The Labute approximate surface area is 118 Å². The molecule has 0 amide bonds. The Morgan fingerprint density at radius 2 is 2.16 bits per heavy atom. The monoisotopic (exact) mass is 287 g/mol. The van der Waals surface area contributed by atoms with Crippen LogP contribution in [0.2, 0.25) is 0 Å². The Kier molecular flexibility index (Phi) is 6.45. The largest absolute Gasteiger partial charge is 0.486 e. The molecule has 1 unspecified atom stereocenters. The molecule has 0 spiro atoms. The van der Waals surface area contributed by atoms with Crippen LogP contribution in [0.1, 0.15) is 6.42 Å². The van der Waals surface area contributed by atoms with E-state index >= 15 is 0 Å². The third kappa shape index (κ3) is 4.61. The van der Waals surface area contributed by atoms with Gasteiger partial charge in [0.05, 0.1) is 13.5 Å². The molecule has 106 valence electrons. The Morgan fingerprint density at radius 1 is 1.42 bits per heavy atom. The number of nitrogens with one attached hydrogen (secondary N) is 1. The number of halogens is 1. The summed E-state index contributed by atoms with van der Waals surface area (Å²) >= 11 is 0. The van der Waals surface area contributed by atoms with Crippen molar-refractivity contribution in [1.29, 1.82) is 0 Å². The highest BCUT2D eigenvalue weighted by Gasteiger charge is 2.19. The van der Waals surface area contributed by atoms with Gasteiger partial charge in [0, 0.05) is 13.1 Å². The van der Waals surface area contributed by atoms with Gasteiger partial charge in [0.25, 0.3) is 0 Å². The van der Waals surface area contributed by atoms with Crippen molar-refractivity contribution < 1.29 is 19.0 Å². The Bertz CT molecular complexity index is 413. The van der Waals surface area contributed by atoms with E-state index in [0.29, 0.717) is 26.1 Å². The molecule has 0 aliphatic carbocycles. The third-order valence-electron chi connectivity index (χ3n) is 2.67. The molecule has 1 atom stereocenters. The van der Waals surface area contributed by atoms with Gasteiger partial charge in [-0.15, -0.1) is 12.4 Å². The van der Waals surface area contributed by atoms with Crippen molar-refractivity contribution in [3.8, 4) is 11.5 Å². The van der Waals surface area contributed by atoms with Gasteiger partial charge in [0.15, 0.2) is 11.5 Å². The summed E-state index contributed by atoms with van der Waals surface area (Å²) in [5.41, 5.74) is 0. The van der Waals surface area contributed by atoms with E-state index in [1.165, 1.54) is 7.11 Å². The number of methoxy groups -OCH3 is 1. The lowest BCUT2D eigenvalue weighted by Crippen LogP contribution is -2.39. The average Bonchev–Trinajstić information content (AvgIpc) is 2.43. The molecule has 0 saturated heterocycles. The van der Waals surface area contributed by atoms with Gasteiger partial charge in [0.1, 0.15) is 12.7 Å². The van der Waals surface area contributed by atoms with Crippen LogP contribution in [0.3, 0.4) is 0 Å². The molecular formula is C13H18ClNO4. The van der Waals surface area contributed by atoms with Gasteiger partial charge in [0.2, 0.25) is 0 Å². The third-order valence-corrected chi connectivity index (χ3v) is 2.67. The minimum absolute atomic E-state index is 0. The fraction of sp³-hybridized carbons (Fsp3) is 0.462. The average molecular weight is 288 g/mol. The fourth-order valence-corrected chi connectivity index (χ4v) is 1.72. The van der Waals surface area contributed by atoms with E-state index in [1.54, 1.807) is 0 Å². The Hall–Kier alpha value is -1.46. The number of rotatable bonds is 5. The van der Waals surface area contributed by atoms with Gasteiger partial charge in [-0.2, -0.15) is 0 Å². The van der Waals surface area contributed by atoms with Crippen LogP contribution in [0, 0.1) is 0 Å². The molecule has 1 heterocycles. The standard InChI is InChI=1S/C13H17NO4.ClH/c1-16-13(15)6-7-14-8-10-9-17-11-4-2-3-5-12(11)18-10;/h2-5,10,14H,6-9H2,1H3;1H. The molecule has 0 fully saturated rings. The molecule has 1 aliphatic rings. The van der Waals surface area contributed by atoms with Crippen LogP contribution in [0.15, 0.2) is 24.3 Å². The number of ether oxygens (including phenoxy) is 3. The van der Waals surface area contributed by atoms with Gasteiger partial charge in [-0.3, -0.25) is 4.79 Å². The van der Waals surface area contributed by atoms with Crippen LogP contribution >= 0.6 is 12.4 Å². The maximum Gasteiger partial charge on any atom is 0.306 e. The maximum absolute atomic E-state index is 10.9. The highest BCUT2D eigenvalue weighted by molar-refractivity contribution is 5.85. The molecule has 0 radical (unpaired) electrons. The number of fused-ring (bicyclic) bond motifs is 1. The number of para-hydroxylation sites is 2. The summed E-state index contributed by atoms with van der Waals surface area (Å²) in [7, 11) is 1.39. The highest BCUT2D eigenvalue weighted by Crippen LogP contribution is 2.30.